The van der Waals surface area contributed by atoms with Gasteiger partial charge < -0.3 is 19.5 Å². The van der Waals surface area contributed by atoms with Gasteiger partial charge in [-0.25, -0.2) is 12.8 Å². The fourth-order valence-electron chi connectivity index (χ4n) is 2.53. The summed E-state index contributed by atoms with van der Waals surface area (Å²) in [6.07, 6.45) is 0. The predicted octanol–water partition coefficient (Wildman–Crippen LogP) is 2.33. The summed E-state index contributed by atoms with van der Waals surface area (Å²) in [5.74, 6) is 0.103. The standard InChI is InChI=1S/C19H22FNO6S/c1-12(28(23,24)15-7-5-14(20)6-8-15)19(22)21-11-13-9-17(26-3)18(27-4)10-16(13)25-2/h5-10,12H,11H2,1-4H3,(H,21,22). The predicted molar refractivity (Wildman–Crippen MR) is 101 cm³/mol. The largest absolute Gasteiger partial charge is 0.496 e. The van der Waals surface area contributed by atoms with Crippen molar-refractivity contribution in [2.24, 2.45) is 0 Å². The zero-order chi connectivity index (χ0) is 20.9. The van der Waals surface area contributed by atoms with E-state index in [0.717, 1.165) is 24.3 Å². The van der Waals surface area contributed by atoms with Gasteiger partial charge in [-0.3, -0.25) is 4.79 Å². The molecule has 0 spiro atoms. The Morgan fingerprint density at radius 1 is 1.00 bits per heavy atom. The van der Waals surface area contributed by atoms with E-state index in [0.29, 0.717) is 22.8 Å². The van der Waals surface area contributed by atoms with Crippen molar-refractivity contribution in [2.75, 3.05) is 21.3 Å². The molecule has 0 fully saturated rings. The zero-order valence-corrected chi connectivity index (χ0v) is 16.8. The number of ether oxygens (including phenoxy) is 3. The summed E-state index contributed by atoms with van der Waals surface area (Å²) in [4.78, 5) is 12.3. The number of halogens is 1. The van der Waals surface area contributed by atoms with Gasteiger partial charge in [0.15, 0.2) is 21.3 Å². The molecule has 9 heteroatoms. The van der Waals surface area contributed by atoms with Gasteiger partial charge in [0.25, 0.3) is 0 Å². The van der Waals surface area contributed by atoms with Gasteiger partial charge in [-0.2, -0.15) is 0 Å². The highest BCUT2D eigenvalue weighted by Crippen LogP contribution is 2.34. The number of rotatable bonds is 8. The van der Waals surface area contributed by atoms with E-state index in [1.807, 2.05) is 0 Å². The van der Waals surface area contributed by atoms with Gasteiger partial charge in [-0.1, -0.05) is 0 Å². The summed E-state index contributed by atoms with van der Waals surface area (Å²) in [6, 6.07) is 7.58. The molecule has 2 aromatic carbocycles. The first-order valence-electron chi connectivity index (χ1n) is 8.30. The average Bonchev–Trinajstić information content (AvgIpc) is 2.70. The third kappa shape index (κ3) is 4.53. The van der Waals surface area contributed by atoms with Gasteiger partial charge in [-0.05, 0) is 37.3 Å². The Labute approximate surface area is 163 Å². The minimum absolute atomic E-state index is 0.0195. The Morgan fingerprint density at radius 2 is 1.54 bits per heavy atom. The van der Waals surface area contributed by atoms with Gasteiger partial charge in [0, 0.05) is 18.2 Å². The Morgan fingerprint density at radius 3 is 2.07 bits per heavy atom. The lowest BCUT2D eigenvalue weighted by Crippen LogP contribution is -2.37. The van der Waals surface area contributed by atoms with Crippen molar-refractivity contribution in [2.45, 2.75) is 23.6 Å². The van der Waals surface area contributed by atoms with Crippen LogP contribution in [0.3, 0.4) is 0 Å². The lowest BCUT2D eigenvalue weighted by atomic mass is 10.1. The van der Waals surface area contributed by atoms with E-state index in [4.69, 9.17) is 14.2 Å². The fourth-order valence-corrected chi connectivity index (χ4v) is 3.81. The van der Waals surface area contributed by atoms with E-state index in [1.54, 1.807) is 12.1 Å². The number of carbonyl (C=O) groups excluding carboxylic acids is 1. The first-order chi connectivity index (χ1) is 13.2. The normalized spacial score (nSPS) is 12.2. The van der Waals surface area contributed by atoms with Crippen LogP contribution < -0.4 is 19.5 Å². The zero-order valence-electron chi connectivity index (χ0n) is 16.0. The molecule has 0 aliphatic heterocycles. The maximum atomic E-state index is 13.0. The van der Waals surface area contributed by atoms with Crippen molar-refractivity contribution >= 4 is 15.7 Å². The van der Waals surface area contributed by atoms with Crippen LogP contribution in [0.4, 0.5) is 4.39 Å². The molecule has 0 aromatic heterocycles. The van der Waals surface area contributed by atoms with Crippen LogP contribution >= 0.6 is 0 Å². The van der Waals surface area contributed by atoms with Crippen molar-refractivity contribution in [3.63, 3.8) is 0 Å². The molecule has 0 saturated heterocycles. The Bertz CT molecular complexity index is 944. The fraction of sp³-hybridized carbons (Fsp3) is 0.316. The van der Waals surface area contributed by atoms with E-state index in [1.165, 1.54) is 28.3 Å². The van der Waals surface area contributed by atoms with E-state index >= 15 is 0 Å². The first kappa shape index (κ1) is 21.5. The van der Waals surface area contributed by atoms with Crippen molar-refractivity contribution < 1.29 is 31.8 Å². The molecule has 152 valence electrons. The van der Waals surface area contributed by atoms with Crippen molar-refractivity contribution in [3.05, 3.63) is 47.8 Å². The molecule has 28 heavy (non-hydrogen) atoms. The molecule has 7 nitrogen and oxygen atoms in total. The van der Waals surface area contributed by atoms with Crippen LogP contribution in [0.15, 0.2) is 41.3 Å². The molecule has 0 bridgehead atoms. The summed E-state index contributed by atoms with van der Waals surface area (Å²) in [7, 11) is 0.476. The molecule has 1 atom stereocenters. The molecule has 1 N–H and O–H groups in total. The lowest BCUT2D eigenvalue weighted by molar-refractivity contribution is -0.120. The Hall–Kier alpha value is -2.81. The van der Waals surface area contributed by atoms with Crippen LogP contribution in [0, 0.1) is 5.82 Å². The highest BCUT2D eigenvalue weighted by Gasteiger charge is 2.29. The SMILES string of the molecule is COc1cc(OC)c(OC)cc1CNC(=O)C(C)S(=O)(=O)c1ccc(F)cc1. The first-order valence-corrected chi connectivity index (χ1v) is 9.85. The van der Waals surface area contributed by atoms with Crippen LogP contribution in [0.25, 0.3) is 0 Å². The smallest absolute Gasteiger partial charge is 0.238 e. The maximum Gasteiger partial charge on any atom is 0.238 e. The topological polar surface area (TPSA) is 90.9 Å². The minimum Gasteiger partial charge on any atom is -0.496 e. The van der Waals surface area contributed by atoms with E-state index in [9.17, 15) is 17.6 Å². The molecule has 0 aliphatic rings. The molecular weight excluding hydrogens is 389 g/mol. The van der Waals surface area contributed by atoms with Crippen LogP contribution in [0.2, 0.25) is 0 Å². The summed E-state index contributed by atoms with van der Waals surface area (Å²) in [5.41, 5.74) is 0.583. The summed E-state index contributed by atoms with van der Waals surface area (Å²) in [6.45, 7) is 1.30. The molecular formula is C19H22FNO6S. The minimum atomic E-state index is -3.95. The second-order valence-electron chi connectivity index (χ2n) is 5.88. The number of hydrogen-bond acceptors (Lipinski definition) is 6. The van der Waals surface area contributed by atoms with Gasteiger partial charge >= 0.3 is 0 Å². The number of hydrogen-bond donors (Lipinski definition) is 1. The monoisotopic (exact) mass is 411 g/mol. The number of methoxy groups -OCH3 is 3. The van der Waals surface area contributed by atoms with E-state index < -0.39 is 26.8 Å². The lowest BCUT2D eigenvalue weighted by Gasteiger charge is -2.16. The van der Waals surface area contributed by atoms with Crippen LogP contribution in [-0.4, -0.2) is 40.9 Å². The van der Waals surface area contributed by atoms with Crippen LogP contribution in [0.1, 0.15) is 12.5 Å². The summed E-state index contributed by atoms with van der Waals surface area (Å²) in [5, 5.41) is 1.22. The number of benzene rings is 2. The third-order valence-corrected chi connectivity index (χ3v) is 6.29. The molecule has 0 aliphatic carbocycles. The van der Waals surface area contributed by atoms with Gasteiger partial charge in [0.05, 0.1) is 26.2 Å². The quantitative estimate of drug-likeness (QED) is 0.671. The highest BCUT2D eigenvalue weighted by molar-refractivity contribution is 7.92. The van der Waals surface area contributed by atoms with Gasteiger partial charge in [-0.15, -0.1) is 0 Å². The molecule has 0 heterocycles. The second kappa shape index (κ2) is 8.92. The Kier molecular flexibility index (Phi) is 6.85. The number of carbonyl (C=O) groups is 1. The number of sulfone groups is 1. The summed E-state index contributed by atoms with van der Waals surface area (Å²) < 4.78 is 53.9. The molecule has 2 rings (SSSR count). The number of nitrogens with one attached hydrogen (secondary N) is 1. The van der Waals surface area contributed by atoms with Crippen LogP contribution in [-0.2, 0) is 21.2 Å². The summed E-state index contributed by atoms with van der Waals surface area (Å²) >= 11 is 0. The Balaban J connectivity index is 2.18. The molecule has 2 aromatic rings. The van der Waals surface area contributed by atoms with E-state index in [-0.39, 0.29) is 11.4 Å². The van der Waals surface area contributed by atoms with Crippen molar-refractivity contribution in [1.82, 2.24) is 5.32 Å². The second-order valence-corrected chi connectivity index (χ2v) is 8.15. The van der Waals surface area contributed by atoms with Crippen molar-refractivity contribution in [1.29, 1.82) is 0 Å². The van der Waals surface area contributed by atoms with Gasteiger partial charge in [0.1, 0.15) is 16.8 Å². The van der Waals surface area contributed by atoms with Crippen molar-refractivity contribution in [3.8, 4) is 17.2 Å². The molecule has 0 saturated carbocycles. The number of amides is 1. The van der Waals surface area contributed by atoms with Crippen LogP contribution in [0.5, 0.6) is 17.2 Å². The highest BCUT2D eigenvalue weighted by atomic mass is 32.2. The maximum absolute atomic E-state index is 13.0. The molecule has 0 radical (unpaired) electrons. The molecule has 1 amide bonds. The average molecular weight is 411 g/mol. The third-order valence-electron chi connectivity index (χ3n) is 4.22. The van der Waals surface area contributed by atoms with Gasteiger partial charge in [0.2, 0.25) is 5.91 Å². The molecule has 1 unspecified atom stereocenters. The van der Waals surface area contributed by atoms with E-state index in [2.05, 4.69) is 5.32 Å².